The zero-order valence-electron chi connectivity index (χ0n) is 17.2. The molecule has 2 aliphatic heterocycles. The fourth-order valence-electron chi connectivity index (χ4n) is 4.03. The van der Waals surface area contributed by atoms with Crippen molar-refractivity contribution >= 4 is 6.09 Å². The molecular weight excluding hydrogens is 314 g/mol. The summed E-state index contributed by atoms with van der Waals surface area (Å²) in [6, 6.07) is 0.468. The maximum atomic E-state index is 12.4. The number of nitrogens with zero attached hydrogens (tertiary/aromatic N) is 2. The minimum atomic E-state index is -0.427. The molecule has 0 aromatic heterocycles. The molecule has 25 heavy (non-hydrogen) atoms. The first kappa shape index (κ1) is 20.5. The molecule has 0 aromatic rings. The number of nitrogens with one attached hydrogen (secondary N) is 1. The highest BCUT2D eigenvalue weighted by atomic mass is 16.6. The largest absolute Gasteiger partial charge is 0.444 e. The van der Waals surface area contributed by atoms with Crippen molar-refractivity contribution < 1.29 is 9.53 Å². The molecule has 0 radical (unpaired) electrons. The fraction of sp³-hybridized carbons (Fsp3) is 0.950. The standard InChI is InChI=1S/C20H39N3O2/c1-7-22-11-8-16(9-12-22)14-21-17-10-13-23(15-20(17,5)6)18(24)25-19(2,3)4/h16-17,21H,7-15H2,1-6H3. The van der Waals surface area contributed by atoms with E-state index in [4.69, 9.17) is 4.74 Å². The molecule has 2 heterocycles. The minimum absolute atomic E-state index is 0.0687. The second-order valence-corrected chi connectivity index (χ2v) is 9.52. The number of amides is 1. The molecule has 5 nitrogen and oxygen atoms in total. The van der Waals surface area contributed by atoms with E-state index in [9.17, 15) is 4.79 Å². The lowest BCUT2D eigenvalue weighted by Crippen LogP contribution is -2.57. The molecule has 0 spiro atoms. The van der Waals surface area contributed by atoms with Gasteiger partial charge in [-0.2, -0.15) is 0 Å². The molecule has 5 heteroatoms. The fourth-order valence-corrected chi connectivity index (χ4v) is 4.03. The Morgan fingerprint density at radius 1 is 1.16 bits per heavy atom. The van der Waals surface area contributed by atoms with E-state index in [1.165, 1.54) is 32.5 Å². The van der Waals surface area contributed by atoms with Gasteiger partial charge in [0.15, 0.2) is 0 Å². The van der Waals surface area contributed by atoms with Gasteiger partial charge in [0.2, 0.25) is 0 Å². The summed E-state index contributed by atoms with van der Waals surface area (Å²) >= 11 is 0. The summed E-state index contributed by atoms with van der Waals surface area (Å²) < 4.78 is 5.54. The van der Waals surface area contributed by atoms with Gasteiger partial charge in [-0.1, -0.05) is 20.8 Å². The van der Waals surface area contributed by atoms with Crippen LogP contribution in [0.2, 0.25) is 0 Å². The molecule has 1 unspecified atom stereocenters. The molecule has 2 rings (SSSR count). The smallest absolute Gasteiger partial charge is 0.410 e. The number of hydrogen-bond acceptors (Lipinski definition) is 4. The number of rotatable bonds is 4. The van der Waals surface area contributed by atoms with Crippen molar-refractivity contribution in [1.82, 2.24) is 15.1 Å². The average molecular weight is 354 g/mol. The Kier molecular flexibility index (Phi) is 6.77. The number of carbonyl (C=O) groups excluding carboxylic acids is 1. The predicted molar refractivity (Wildman–Crippen MR) is 103 cm³/mol. The second-order valence-electron chi connectivity index (χ2n) is 9.52. The van der Waals surface area contributed by atoms with Gasteiger partial charge < -0.3 is 19.9 Å². The van der Waals surface area contributed by atoms with Gasteiger partial charge >= 0.3 is 6.09 Å². The quantitative estimate of drug-likeness (QED) is 0.842. The molecule has 0 saturated carbocycles. The van der Waals surface area contributed by atoms with E-state index in [1.54, 1.807) is 0 Å². The Bertz CT molecular complexity index is 437. The normalized spacial score (nSPS) is 25.8. The van der Waals surface area contributed by atoms with Gasteiger partial charge in [0.05, 0.1) is 0 Å². The maximum Gasteiger partial charge on any atom is 0.410 e. The van der Waals surface area contributed by atoms with E-state index in [2.05, 4.69) is 31.0 Å². The Morgan fingerprint density at radius 2 is 1.80 bits per heavy atom. The molecule has 146 valence electrons. The van der Waals surface area contributed by atoms with Gasteiger partial charge in [-0.25, -0.2) is 4.79 Å². The van der Waals surface area contributed by atoms with Gasteiger partial charge in [0.25, 0.3) is 0 Å². The van der Waals surface area contributed by atoms with Gasteiger partial charge in [-0.15, -0.1) is 0 Å². The van der Waals surface area contributed by atoms with Crippen LogP contribution in [0.5, 0.6) is 0 Å². The zero-order valence-corrected chi connectivity index (χ0v) is 17.2. The topological polar surface area (TPSA) is 44.8 Å². The third kappa shape index (κ3) is 6.14. The van der Waals surface area contributed by atoms with Crippen molar-refractivity contribution in [2.75, 3.05) is 39.3 Å². The van der Waals surface area contributed by atoms with Crippen LogP contribution in [0.3, 0.4) is 0 Å². The van der Waals surface area contributed by atoms with Crippen LogP contribution < -0.4 is 5.32 Å². The minimum Gasteiger partial charge on any atom is -0.444 e. The SMILES string of the molecule is CCN1CCC(CNC2CCN(C(=O)OC(C)(C)C)CC2(C)C)CC1. The number of hydrogen-bond donors (Lipinski definition) is 1. The van der Waals surface area contributed by atoms with Gasteiger partial charge in [-0.05, 0) is 77.5 Å². The zero-order chi connectivity index (χ0) is 18.7. The van der Waals surface area contributed by atoms with E-state index >= 15 is 0 Å². The maximum absolute atomic E-state index is 12.4. The molecule has 1 atom stereocenters. The van der Waals surface area contributed by atoms with Crippen molar-refractivity contribution in [3.63, 3.8) is 0 Å². The summed E-state index contributed by atoms with van der Waals surface area (Å²) in [5, 5.41) is 3.82. The molecule has 2 saturated heterocycles. The van der Waals surface area contributed by atoms with Gasteiger partial charge in [-0.3, -0.25) is 0 Å². The summed E-state index contributed by atoms with van der Waals surface area (Å²) in [5.74, 6) is 0.794. The number of ether oxygens (including phenoxy) is 1. The molecule has 0 aromatic carbocycles. The van der Waals surface area contributed by atoms with Crippen molar-refractivity contribution in [2.24, 2.45) is 11.3 Å². The predicted octanol–water partition coefficient (Wildman–Crippen LogP) is 3.34. The van der Waals surface area contributed by atoms with Crippen LogP contribution in [0, 0.1) is 11.3 Å². The lowest BCUT2D eigenvalue weighted by Gasteiger charge is -2.45. The highest BCUT2D eigenvalue weighted by molar-refractivity contribution is 5.68. The van der Waals surface area contributed by atoms with Crippen molar-refractivity contribution in [2.45, 2.75) is 72.4 Å². The Hall–Kier alpha value is -0.810. The summed E-state index contributed by atoms with van der Waals surface area (Å²) in [5.41, 5.74) is -0.358. The van der Waals surface area contributed by atoms with Crippen LogP contribution >= 0.6 is 0 Å². The first-order valence-corrected chi connectivity index (χ1v) is 10.0. The lowest BCUT2D eigenvalue weighted by molar-refractivity contribution is 0.00164. The van der Waals surface area contributed by atoms with Crippen LogP contribution in [0.4, 0.5) is 4.79 Å². The van der Waals surface area contributed by atoms with E-state index in [0.717, 1.165) is 32.0 Å². The van der Waals surface area contributed by atoms with Crippen LogP contribution in [0.15, 0.2) is 0 Å². The molecule has 1 amide bonds. The van der Waals surface area contributed by atoms with Gasteiger partial charge in [0, 0.05) is 19.1 Å². The van der Waals surface area contributed by atoms with Crippen LogP contribution in [0.1, 0.15) is 60.8 Å². The van der Waals surface area contributed by atoms with E-state index < -0.39 is 5.60 Å². The molecule has 1 N–H and O–H groups in total. The Balaban J connectivity index is 1.79. The van der Waals surface area contributed by atoms with Crippen molar-refractivity contribution in [3.8, 4) is 0 Å². The number of carbonyl (C=O) groups is 1. The summed E-state index contributed by atoms with van der Waals surface area (Å²) in [7, 11) is 0. The highest BCUT2D eigenvalue weighted by Crippen LogP contribution is 2.30. The summed E-state index contributed by atoms with van der Waals surface area (Å²) in [4.78, 5) is 16.8. The average Bonchev–Trinajstić information content (AvgIpc) is 2.52. The Labute approximate surface area is 154 Å². The first-order chi connectivity index (χ1) is 11.6. The van der Waals surface area contributed by atoms with Crippen LogP contribution in [0.25, 0.3) is 0 Å². The lowest BCUT2D eigenvalue weighted by atomic mass is 9.79. The summed E-state index contributed by atoms with van der Waals surface area (Å²) in [6.07, 6.45) is 3.43. The highest BCUT2D eigenvalue weighted by Gasteiger charge is 2.38. The van der Waals surface area contributed by atoms with E-state index in [-0.39, 0.29) is 11.5 Å². The Morgan fingerprint density at radius 3 is 2.32 bits per heavy atom. The third-order valence-corrected chi connectivity index (χ3v) is 5.69. The van der Waals surface area contributed by atoms with Crippen molar-refractivity contribution in [1.29, 1.82) is 0 Å². The van der Waals surface area contributed by atoms with Crippen LogP contribution in [-0.4, -0.2) is 66.8 Å². The second kappa shape index (κ2) is 8.26. The molecule has 0 bridgehead atoms. The molecule has 0 aliphatic carbocycles. The molecular formula is C20H39N3O2. The molecule has 2 fully saturated rings. The number of likely N-dealkylation sites (tertiary alicyclic amines) is 2. The van der Waals surface area contributed by atoms with E-state index in [0.29, 0.717) is 6.04 Å². The van der Waals surface area contributed by atoms with Crippen LogP contribution in [-0.2, 0) is 4.74 Å². The number of piperidine rings is 2. The summed E-state index contributed by atoms with van der Waals surface area (Å²) in [6.45, 7) is 18.9. The van der Waals surface area contributed by atoms with E-state index in [1.807, 2.05) is 25.7 Å². The monoisotopic (exact) mass is 353 g/mol. The molecule has 2 aliphatic rings. The van der Waals surface area contributed by atoms with Gasteiger partial charge in [0.1, 0.15) is 5.60 Å². The first-order valence-electron chi connectivity index (χ1n) is 10.0. The van der Waals surface area contributed by atoms with Crippen molar-refractivity contribution in [3.05, 3.63) is 0 Å². The third-order valence-electron chi connectivity index (χ3n) is 5.69.